The van der Waals surface area contributed by atoms with Crippen molar-refractivity contribution in [1.29, 1.82) is 0 Å². The number of hydrogen-bond donors (Lipinski definition) is 1. The highest BCUT2D eigenvalue weighted by molar-refractivity contribution is 8.00. The van der Waals surface area contributed by atoms with Gasteiger partial charge in [0, 0.05) is 5.69 Å². The zero-order chi connectivity index (χ0) is 11.1. The van der Waals surface area contributed by atoms with Crippen molar-refractivity contribution in [3.63, 3.8) is 0 Å². The van der Waals surface area contributed by atoms with Crippen molar-refractivity contribution in [3.8, 4) is 0 Å². The molecule has 0 radical (unpaired) electrons. The second kappa shape index (κ2) is 3.89. The van der Waals surface area contributed by atoms with Crippen LogP contribution < -0.4 is 5.73 Å². The van der Waals surface area contributed by atoms with Gasteiger partial charge in [0.2, 0.25) is 0 Å². The average Bonchev–Trinajstić information content (AvgIpc) is 2.73. The molecule has 0 spiro atoms. The zero-order valence-electron chi connectivity index (χ0n) is 9.12. The number of thioether (sulfide) groups is 1. The summed E-state index contributed by atoms with van der Waals surface area (Å²) in [7, 11) is 0. The van der Waals surface area contributed by atoms with Crippen LogP contribution in [0.1, 0.15) is 24.1 Å². The van der Waals surface area contributed by atoms with Crippen molar-refractivity contribution < 1.29 is 0 Å². The first-order chi connectivity index (χ1) is 7.79. The van der Waals surface area contributed by atoms with Gasteiger partial charge in [-0.25, -0.2) is 9.97 Å². The van der Waals surface area contributed by atoms with E-state index in [4.69, 9.17) is 5.73 Å². The Bertz CT molecular complexity index is 548. The third-order valence-electron chi connectivity index (χ3n) is 3.01. The molecule has 0 amide bonds. The summed E-state index contributed by atoms with van der Waals surface area (Å²) in [6.45, 7) is 0. The molecular weight excluding hydrogens is 238 g/mol. The standard InChI is InChI=1S/C11H13N3S2/c1-15-11-14-10-9(16-11)8(12)6-4-2-3-5-7(6)13-10/h2-5H2,1H3,(H2,12,13). The van der Waals surface area contributed by atoms with Gasteiger partial charge in [-0.3, -0.25) is 0 Å². The third-order valence-corrected chi connectivity index (χ3v) is 5.08. The molecule has 0 saturated carbocycles. The van der Waals surface area contributed by atoms with Gasteiger partial charge >= 0.3 is 0 Å². The molecule has 2 aromatic rings. The first kappa shape index (κ1) is 10.4. The minimum absolute atomic E-state index is 0.840. The van der Waals surface area contributed by atoms with Gasteiger partial charge in [0.15, 0.2) is 9.99 Å². The number of thiazole rings is 1. The first-order valence-electron chi connectivity index (χ1n) is 5.41. The van der Waals surface area contributed by atoms with Gasteiger partial charge in [0.1, 0.15) is 0 Å². The van der Waals surface area contributed by atoms with Crippen LogP contribution in [0.25, 0.3) is 10.3 Å². The lowest BCUT2D eigenvalue weighted by molar-refractivity contribution is 0.672. The van der Waals surface area contributed by atoms with E-state index in [2.05, 4.69) is 9.97 Å². The molecule has 5 heteroatoms. The predicted octanol–water partition coefficient (Wildman–Crippen LogP) is 2.87. The number of hydrogen-bond acceptors (Lipinski definition) is 5. The van der Waals surface area contributed by atoms with E-state index in [1.54, 1.807) is 23.1 Å². The number of nitrogens with two attached hydrogens (primary N) is 1. The smallest absolute Gasteiger partial charge is 0.173 e. The number of anilines is 1. The van der Waals surface area contributed by atoms with Crippen molar-refractivity contribution in [1.82, 2.24) is 9.97 Å². The largest absolute Gasteiger partial charge is 0.397 e. The molecule has 0 atom stereocenters. The summed E-state index contributed by atoms with van der Waals surface area (Å²) in [5.74, 6) is 0. The van der Waals surface area contributed by atoms with Gasteiger partial charge in [-0.15, -0.1) is 11.3 Å². The summed E-state index contributed by atoms with van der Waals surface area (Å²) in [6.07, 6.45) is 6.63. The highest BCUT2D eigenvalue weighted by Gasteiger charge is 2.18. The van der Waals surface area contributed by atoms with Crippen LogP contribution in [0, 0.1) is 0 Å². The summed E-state index contributed by atoms with van der Waals surface area (Å²) in [4.78, 5) is 9.14. The van der Waals surface area contributed by atoms with E-state index in [0.717, 1.165) is 33.2 Å². The molecule has 0 aliphatic heterocycles. The highest BCUT2D eigenvalue weighted by atomic mass is 32.2. The number of nitrogens with zero attached hydrogens (tertiary/aromatic N) is 2. The molecule has 0 unspecified atom stereocenters. The fourth-order valence-electron chi connectivity index (χ4n) is 2.20. The second-order valence-corrected chi connectivity index (χ2v) is 6.05. The van der Waals surface area contributed by atoms with E-state index >= 15 is 0 Å². The fraction of sp³-hybridized carbons (Fsp3) is 0.455. The van der Waals surface area contributed by atoms with Crippen molar-refractivity contribution in [3.05, 3.63) is 11.3 Å². The normalized spacial score (nSPS) is 15.3. The van der Waals surface area contributed by atoms with E-state index in [1.165, 1.54) is 24.1 Å². The van der Waals surface area contributed by atoms with Crippen LogP contribution in [0.4, 0.5) is 5.69 Å². The lowest BCUT2D eigenvalue weighted by Gasteiger charge is -2.16. The Morgan fingerprint density at radius 1 is 1.25 bits per heavy atom. The van der Waals surface area contributed by atoms with Gasteiger partial charge < -0.3 is 5.73 Å². The van der Waals surface area contributed by atoms with Crippen LogP contribution in [0.5, 0.6) is 0 Å². The number of aromatic nitrogens is 2. The second-order valence-electron chi connectivity index (χ2n) is 3.99. The summed E-state index contributed by atoms with van der Waals surface area (Å²) in [5, 5.41) is 0. The third kappa shape index (κ3) is 1.50. The number of aryl methyl sites for hydroxylation is 1. The average molecular weight is 251 g/mol. The van der Waals surface area contributed by atoms with Gasteiger partial charge in [-0.05, 0) is 37.5 Å². The van der Waals surface area contributed by atoms with Crippen LogP contribution >= 0.6 is 23.1 Å². The van der Waals surface area contributed by atoms with Gasteiger partial charge in [-0.1, -0.05) is 11.8 Å². The van der Waals surface area contributed by atoms with Crippen LogP contribution in [0.2, 0.25) is 0 Å². The Kier molecular flexibility index (Phi) is 2.52. The lowest BCUT2D eigenvalue weighted by atomic mass is 9.95. The van der Waals surface area contributed by atoms with Crippen molar-refractivity contribution >= 4 is 39.1 Å². The molecular formula is C11H13N3S2. The fourth-order valence-corrected chi connectivity index (χ4v) is 3.68. The van der Waals surface area contributed by atoms with Crippen LogP contribution in [0.15, 0.2) is 4.34 Å². The molecule has 1 aliphatic carbocycles. The predicted molar refractivity (Wildman–Crippen MR) is 70.3 cm³/mol. The van der Waals surface area contributed by atoms with Crippen molar-refractivity contribution in [2.45, 2.75) is 30.0 Å². The van der Waals surface area contributed by atoms with Crippen LogP contribution in [-0.2, 0) is 12.8 Å². The zero-order valence-corrected chi connectivity index (χ0v) is 10.7. The number of nitrogen functional groups attached to an aromatic ring is 1. The maximum atomic E-state index is 6.23. The Balaban J connectivity index is 2.28. The van der Waals surface area contributed by atoms with Crippen molar-refractivity contribution in [2.24, 2.45) is 0 Å². The van der Waals surface area contributed by atoms with E-state index in [0.29, 0.717) is 0 Å². The minimum Gasteiger partial charge on any atom is -0.397 e. The Hall–Kier alpha value is -0.810. The minimum atomic E-state index is 0.840. The maximum Gasteiger partial charge on any atom is 0.173 e. The molecule has 2 heterocycles. The molecule has 16 heavy (non-hydrogen) atoms. The summed E-state index contributed by atoms with van der Waals surface area (Å²) in [5.41, 5.74) is 10.4. The van der Waals surface area contributed by atoms with Gasteiger partial charge in [0.05, 0.1) is 10.4 Å². The van der Waals surface area contributed by atoms with E-state index in [9.17, 15) is 0 Å². The lowest BCUT2D eigenvalue weighted by Crippen LogP contribution is -2.08. The quantitative estimate of drug-likeness (QED) is 0.792. The first-order valence-corrected chi connectivity index (χ1v) is 7.45. The molecule has 3 nitrogen and oxygen atoms in total. The summed E-state index contributed by atoms with van der Waals surface area (Å²) in [6, 6.07) is 0. The molecule has 0 saturated heterocycles. The topological polar surface area (TPSA) is 51.8 Å². The number of rotatable bonds is 1. The molecule has 0 bridgehead atoms. The Morgan fingerprint density at radius 2 is 2.06 bits per heavy atom. The Morgan fingerprint density at radius 3 is 2.88 bits per heavy atom. The SMILES string of the molecule is CSc1nc2nc3c(c(N)c2s1)CCCC3. The maximum absolute atomic E-state index is 6.23. The van der Waals surface area contributed by atoms with Gasteiger partial charge in [0.25, 0.3) is 0 Å². The Labute approximate surface area is 102 Å². The van der Waals surface area contributed by atoms with Gasteiger partial charge in [-0.2, -0.15) is 0 Å². The molecule has 0 fully saturated rings. The molecule has 2 aromatic heterocycles. The van der Waals surface area contributed by atoms with Crippen LogP contribution in [-0.4, -0.2) is 16.2 Å². The van der Waals surface area contributed by atoms with E-state index in [-0.39, 0.29) is 0 Å². The van der Waals surface area contributed by atoms with E-state index in [1.807, 2.05) is 6.26 Å². The highest BCUT2D eigenvalue weighted by Crippen LogP contribution is 2.36. The number of fused-ring (bicyclic) bond motifs is 2. The monoisotopic (exact) mass is 251 g/mol. The van der Waals surface area contributed by atoms with Crippen LogP contribution in [0.3, 0.4) is 0 Å². The molecule has 2 N–H and O–H groups in total. The summed E-state index contributed by atoms with van der Waals surface area (Å²) >= 11 is 3.32. The van der Waals surface area contributed by atoms with Crippen molar-refractivity contribution in [2.75, 3.05) is 12.0 Å². The number of pyridine rings is 1. The molecule has 0 aromatic carbocycles. The summed E-state index contributed by atoms with van der Waals surface area (Å²) < 4.78 is 2.13. The molecule has 3 rings (SSSR count). The molecule has 1 aliphatic rings. The van der Waals surface area contributed by atoms with E-state index < -0.39 is 0 Å². The molecule has 84 valence electrons.